The van der Waals surface area contributed by atoms with Gasteiger partial charge in [0.2, 0.25) is 10.0 Å². The van der Waals surface area contributed by atoms with Gasteiger partial charge in [0.05, 0.1) is 5.75 Å². The van der Waals surface area contributed by atoms with Crippen molar-refractivity contribution in [3.05, 3.63) is 71.3 Å². The summed E-state index contributed by atoms with van der Waals surface area (Å²) in [5.41, 5.74) is 3.35. The van der Waals surface area contributed by atoms with E-state index in [2.05, 4.69) is 23.8 Å². The molecule has 0 heterocycles. The summed E-state index contributed by atoms with van der Waals surface area (Å²) < 4.78 is 26.8. The highest BCUT2D eigenvalue weighted by Crippen LogP contribution is 2.09. The summed E-state index contributed by atoms with van der Waals surface area (Å²) in [6.07, 6.45) is 4.01. The lowest BCUT2D eigenvalue weighted by molar-refractivity contribution is 0.580. The van der Waals surface area contributed by atoms with E-state index in [9.17, 15) is 8.42 Å². The Morgan fingerprint density at radius 2 is 1.43 bits per heavy atom. The van der Waals surface area contributed by atoms with Gasteiger partial charge in [-0.15, -0.1) is 0 Å². The Bertz CT molecular complexity index is 679. The molecule has 2 aromatic rings. The fourth-order valence-electron chi connectivity index (χ4n) is 2.37. The third-order valence-electron chi connectivity index (χ3n) is 3.84. The number of nitrogens with one attached hydrogen (secondary N) is 1. The molecule has 0 aliphatic heterocycles. The summed E-state index contributed by atoms with van der Waals surface area (Å²) in [7, 11) is -3.25. The molecule has 2 aromatic carbocycles. The molecule has 0 bridgehead atoms. The summed E-state index contributed by atoms with van der Waals surface area (Å²) in [5, 5.41) is 0. The molecular weight excluding hydrogens is 306 g/mol. The van der Waals surface area contributed by atoms with Gasteiger partial charge in [-0.3, -0.25) is 0 Å². The van der Waals surface area contributed by atoms with E-state index in [1.54, 1.807) is 0 Å². The molecule has 0 radical (unpaired) electrons. The topological polar surface area (TPSA) is 46.2 Å². The normalized spacial score (nSPS) is 11.5. The Morgan fingerprint density at radius 1 is 0.826 bits per heavy atom. The Labute approximate surface area is 139 Å². The van der Waals surface area contributed by atoms with Gasteiger partial charge < -0.3 is 0 Å². The van der Waals surface area contributed by atoms with Crippen molar-refractivity contribution >= 4 is 10.0 Å². The first-order valence-corrected chi connectivity index (χ1v) is 9.83. The average Bonchev–Trinajstić information content (AvgIpc) is 2.58. The molecule has 0 fully saturated rings. The number of hydrogen-bond donors (Lipinski definition) is 1. The highest BCUT2D eigenvalue weighted by atomic mass is 32.2. The minimum atomic E-state index is -3.25. The van der Waals surface area contributed by atoms with Crippen LogP contribution in [0.25, 0.3) is 0 Å². The minimum absolute atomic E-state index is 0.119. The van der Waals surface area contributed by atoms with E-state index in [0.29, 0.717) is 13.0 Å². The predicted octanol–water partition coefficient (Wildman–Crippen LogP) is 3.69. The first-order chi connectivity index (χ1) is 11.1. The quantitative estimate of drug-likeness (QED) is 0.762. The van der Waals surface area contributed by atoms with Crippen LogP contribution in [0.5, 0.6) is 0 Å². The van der Waals surface area contributed by atoms with Crippen LogP contribution in [-0.4, -0.2) is 14.2 Å². The first-order valence-electron chi connectivity index (χ1n) is 8.18. The van der Waals surface area contributed by atoms with Crippen LogP contribution in [0.15, 0.2) is 54.6 Å². The van der Waals surface area contributed by atoms with E-state index >= 15 is 0 Å². The number of rotatable bonds is 9. The van der Waals surface area contributed by atoms with Gasteiger partial charge in [0, 0.05) is 6.54 Å². The van der Waals surface area contributed by atoms with E-state index < -0.39 is 10.0 Å². The molecule has 1 N–H and O–H groups in total. The molecule has 0 atom stereocenters. The summed E-state index contributed by atoms with van der Waals surface area (Å²) in [6, 6.07) is 17.9. The van der Waals surface area contributed by atoms with Crippen molar-refractivity contribution in [1.29, 1.82) is 0 Å². The molecule has 0 aromatic heterocycles. The van der Waals surface area contributed by atoms with Crippen LogP contribution >= 0.6 is 0 Å². The molecule has 0 saturated carbocycles. The molecule has 0 unspecified atom stereocenters. The zero-order valence-electron chi connectivity index (χ0n) is 13.7. The summed E-state index contributed by atoms with van der Waals surface area (Å²) in [6.45, 7) is 2.53. The van der Waals surface area contributed by atoms with E-state index in [1.165, 1.54) is 18.4 Å². The highest BCUT2D eigenvalue weighted by Gasteiger charge is 2.10. The van der Waals surface area contributed by atoms with Crippen molar-refractivity contribution in [2.24, 2.45) is 0 Å². The molecule has 0 saturated heterocycles. The Morgan fingerprint density at radius 3 is 2.04 bits per heavy atom. The van der Waals surface area contributed by atoms with Crippen molar-refractivity contribution in [1.82, 2.24) is 4.72 Å². The van der Waals surface area contributed by atoms with E-state index in [-0.39, 0.29) is 5.75 Å². The SMILES string of the molecule is CCCCc1ccc(CCS(=O)(=O)NCc2ccccc2)cc1. The molecular formula is C19H25NO2S. The van der Waals surface area contributed by atoms with Crippen molar-refractivity contribution < 1.29 is 8.42 Å². The molecule has 2 rings (SSSR count). The summed E-state index contributed by atoms with van der Waals surface area (Å²) in [4.78, 5) is 0. The molecule has 23 heavy (non-hydrogen) atoms. The second kappa shape index (κ2) is 8.85. The van der Waals surface area contributed by atoms with Crippen LogP contribution in [0.2, 0.25) is 0 Å². The molecule has 0 aliphatic rings. The van der Waals surface area contributed by atoms with Crippen LogP contribution in [0.4, 0.5) is 0 Å². The second-order valence-corrected chi connectivity index (χ2v) is 7.72. The second-order valence-electron chi connectivity index (χ2n) is 5.80. The Hall–Kier alpha value is -1.65. The van der Waals surface area contributed by atoms with E-state index in [4.69, 9.17) is 0 Å². The fraction of sp³-hybridized carbons (Fsp3) is 0.368. The smallest absolute Gasteiger partial charge is 0.212 e. The molecule has 3 nitrogen and oxygen atoms in total. The Balaban J connectivity index is 1.81. The standard InChI is InChI=1S/C19H25NO2S/c1-2-3-7-17-10-12-18(13-11-17)14-15-23(21,22)20-16-19-8-5-4-6-9-19/h4-6,8-13,20H,2-3,7,14-16H2,1H3. The van der Waals surface area contributed by atoms with Gasteiger partial charge >= 0.3 is 0 Å². The number of sulfonamides is 1. The fourth-order valence-corrected chi connectivity index (χ4v) is 3.40. The zero-order chi connectivity index (χ0) is 16.5. The monoisotopic (exact) mass is 331 g/mol. The number of hydrogen-bond acceptors (Lipinski definition) is 2. The van der Waals surface area contributed by atoms with Gasteiger partial charge in [-0.2, -0.15) is 0 Å². The number of aryl methyl sites for hydroxylation is 2. The predicted molar refractivity (Wildman–Crippen MR) is 95.8 cm³/mol. The Kier molecular flexibility index (Phi) is 6.81. The van der Waals surface area contributed by atoms with Crippen LogP contribution in [0.1, 0.15) is 36.5 Å². The lowest BCUT2D eigenvalue weighted by Crippen LogP contribution is -2.26. The zero-order valence-corrected chi connectivity index (χ0v) is 14.5. The molecule has 0 aliphatic carbocycles. The minimum Gasteiger partial charge on any atom is -0.212 e. The van der Waals surface area contributed by atoms with E-state index in [1.807, 2.05) is 42.5 Å². The number of benzene rings is 2. The summed E-state index contributed by atoms with van der Waals surface area (Å²) >= 11 is 0. The molecule has 0 spiro atoms. The van der Waals surface area contributed by atoms with Crippen LogP contribution in [0.3, 0.4) is 0 Å². The van der Waals surface area contributed by atoms with Gasteiger partial charge in [0.15, 0.2) is 0 Å². The maximum absolute atomic E-state index is 12.1. The molecule has 0 amide bonds. The third-order valence-corrected chi connectivity index (χ3v) is 5.17. The van der Waals surface area contributed by atoms with Crippen LogP contribution < -0.4 is 4.72 Å². The molecule has 124 valence electrons. The van der Waals surface area contributed by atoms with E-state index in [0.717, 1.165) is 17.5 Å². The number of unbranched alkanes of at least 4 members (excludes halogenated alkanes) is 1. The maximum Gasteiger partial charge on any atom is 0.212 e. The summed E-state index contributed by atoms with van der Waals surface area (Å²) in [5.74, 6) is 0.119. The van der Waals surface area contributed by atoms with Gasteiger partial charge in [-0.25, -0.2) is 13.1 Å². The lowest BCUT2D eigenvalue weighted by atomic mass is 10.1. The average molecular weight is 331 g/mol. The van der Waals surface area contributed by atoms with Gasteiger partial charge in [-0.1, -0.05) is 67.9 Å². The largest absolute Gasteiger partial charge is 0.212 e. The van der Waals surface area contributed by atoms with Crippen molar-refractivity contribution in [3.63, 3.8) is 0 Å². The van der Waals surface area contributed by atoms with Gasteiger partial charge in [0.25, 0.3) is 0 Å². The van der Waals surface area contributed by atoms with Gasteiger partial charge in [-0.05, 0) is 36.0 Å². The van der Waals surface area contributed by atoms with Crippen molar-refractivity contribution in [3.8, 4) is 0 Å². The van der Waals surface area contributed by atoms with Crippen molar-refractivity contribution in [2.45, 2.75) is 39.2 Å². The third kappa shape index (κ3) is 6.55. The maximum atomic E-state index is 12.1. The van der Waals surface area contributed by atoms with Crippen LogP contribution in [-0.2, 0) is 29.4 Å². The van der Waals surface area contributed by atoms with Crippen molar-refractivity contribution in [2.75, 3.05) is 5.75 Å². The lowest BCUT2D eigenvalue weighted by Gasteiger charge is -2.07. The highest BCUT2D eigenvalue weighted by molar-refractivity contribution is 7.89. The molecule has 4 heteroatoms. The first kappa shape index (κ1) is 17.7. The van der Waals surface area contributed by atoms with Gasteiger partial charge in [0.1, 0.15) is 0 Å². The van der Waals surface area contributed by atoms with Crippen LogP contribution in [0, 0.1) is 0 Å².